The second kappa shape index (κ2) is 3.63. The lowest BCUT2D eigenvalue weighted by atomic mass is 10.2. The van der Waals surface area contributed by atoms with Crippen LogP contribution in [0.5, 0.6) is 0 Å². The van der Waals surface area contributed by atoms with Crippen molar-refractivity contribution >= 4 is 11.8 Å². The molecule has 1 saturated heterocycles. The van der Waals surface area contributed by atoms with Gasteiger partial charge in [0.15, 0.2) is 0 Å². The van der Waals surface area contributed by atoms with Crippen molar-refractivity contribution in [3.05, 3.63) is 24.2 Å². The second-order valence-electron chi connectivity index (χ2n) is 3.25. The van der Waals surface area contributed by atoms with Crippen LogP contribution in [0, 0.1) is 0 Å². The van der Waals surface area contributed by atoms with Crippen molar-refractivity contribution in [2.45, 2.75) is 6.54 Å². The first-order valence-electron chi connectivity index (χ1n) is 4.30. The number of piperazine rings is 1. The van der Waals surface area contributed by atoms with Gasteiger partial charge in [0.1, 0.15) is 0 Å². The van der Waals surface area contributed by atoms with Gasteiger partial charge in [-0.15, -0.1) is 0 Å². The first-order valence-corrected chi connectivity index (χ1v) is 4.30. The molecule has 2 rings (SSSR count). The van der Waals surface area contributed by atoms with Crippen molar-refractivity contribution in [1.82, 2.24) is 10.2 Å². The lowest BCUT2D eigenvalue weighted by Crippen LogP contribution is -2.50. The van der Waals surface area contributed by atoms with Crippen molar-refractivity contribution < 1.29 is 14.0 Å². The van der Waals surface area contributed by atoms with Gasteiger partial charge < -0.3 is 4.42 Å². The maximum Gasteiger partial charge on any atom is 0.240 e. The minimum atomic E-state index is -0.246. The van der Waals surface area contributed by atoms with Crippen LogP contribution in [0.4, 0.5) is 0 Å². The van der Waals surface area contributed by atoms with E-state index in [0.29, 0.717) is 6.54 Å². The topological polar surface area (TPSA) is 62.6 Å². The molecule has 0 spiro atoms. The van der Waals surface area contributed by atoms with E-state index in [1.54, 1.807) is 17.4 Å². The van der Waals surface area contributed by atoms with Crippen LogP contribution in [-0.2, 0) is 16.1 Å². The van der Waals surface area contributed by atoms with Gasteiger partial charge in [-0.1, -0.05) is 0 Å². The third-order valence-electron chi connectivity index (χ3n) is 2.00. The summed E-state index contributed by atoms with van der Waals surface area (Å²) in [4.78, 5) is 23.8. The predicted octanol–water partition coefficient (Wildman–Crippen LogP) is -0.262. The molecule has 0 radical (unpaired) electrons. The first-order chi connectivity index (χ1) is 6.74. The average Bonchev–Trinajstić information content (AvgIpc) is 2.54. The monoisotopic (exact) mass is 194 g/mol. The Morgan fingerprint density at radius 3 is 2.64 bits per heavy atom. The quantitative estimate of drug-likeness (QED) is 0.659. The summed E-state index contributed by atoms with van der Waals surface area (Å²) in [6.07, 6.45) is 3.18. The number of hydrogen-bond acceptors (Lipinski definition) is 4. The van der Waals surface area contributed by atoms with Crippen LogP contribution in [0.1, 0.15) is 5.56 Å². The molecule has 2 amide bonds. The normalized spacial score (nSPS) is 18.3. The highest BCUT2D eigenvalue weighted by atomic mass is 16.3. The summed E-state index contributed by atoms with van der Waals surface area (Å²) < 4.78 is 4.90. The molecule has 1 fully saturated rings. The third kappa shape index (κ3) is 2.00. The molecular weight excluding hydrogens is 184 g/mol. The van der Waals surface area contributed by atoms with Gasteiger partial charge in [-0.3, -0.25) is 19.8 Å². The largest absolute Gasteiger partial charge is 0.472 e. The van der Waals surface area contributed by atoms with Crippen LogP contribution in [-0.4, -0.2) is 29.8 Å². The van der Waals surface area contributed by atoms with Crippen molar-refractivity contribution in [3.63, 3.8) is 0 Å². The van der Waals surface area contributed by atoms with Gasteiger partial charge in [0.05, 0.1) is 25.6 Å². The molecule has 14 heavy (non-hydrogen) atoms. The number of carbonyl (C=O) groups excluding carboxylic acids is 2. The Hall–Kier alpha value is -1.62. The van der Waals surface area contributed by atoms with Crippen LogP contribution in [0.2, 0.25) is 0 Å². The molecule has 1 aliphatic heterocycles. The summed E-state index contributed by atoms with van der Waals surface area (Å²) in [5.74, 6) is -0.491. The molecule has 0 bridgehead atoms. The van der Waals surface area contributed by atoms with Gasteiger partial charge in [-0.05, 0) is 6.07 Å². The lowest BCUT2D eigenvalue weighted by molar-refractivity contribution is -0.136. The van der Waals surface area contributed by atoms with E-state index in [4.69, 9.17) is 4.42 Å². The van der Waals surface area contributed by atoms with Crippen molar-refractivity contribution in [3.8, 4) is 0 Å². The number of imide groups is 1. The summed E-state index contributed by atoms with van der Waals surface area (Å²) in [5.41, 5.74) is 0.965. The Bertz CT molecular complexity index is 329. The maximum atomic E-state index is 11.0. The van der Waals surface area contributed by atoms with E-state index < -0.39 is 0 Å². The molecule has 1 aromatic rings. The maximum absolute atomic E-state index is 11.0. The number of hydrogen-bond donors (Lipinski definition) is 1. The van der Waals surface area contributed by atoms with E-state index in [-0.39, 0.29) is 24.9 Å². The summed E-state index contributed by atoms with van der Waals surface area (Å²) >= 11 is 0. The minimum absolute atomic E-state index is 0.246. The van der Waals surface area contributed by atoms with E-state index in [1.165, 1.54) is 0 Å². The highest BCUT2D eigenvalue weighted by Gasteiger charge is 2.22. The van der Waals surface area contributed by atoms with Crippen LogP contribution in [0.25, 0.3) is 0 Å². The molecule has 0 unspecified atom stereocenters. The summed E-state index contributed by atoms with van der Waals surface area (Å²) in [6, 6.07) is 1.82. The molecule has 2 heterocycles. The third-order valence-corrected chi connectivity index (χ3v) is 2.00. The minimum Gasteiger partial charge on any atom is -0.472 e. The fourth-order valence-corrected chi connectivity index (χ4v) is 1.45. The number of carbonyl (C=O) groups is 2. The van der Waals surface area contributed by atoms with Crippen LogP contribution >= 0.6 is 0 Å². The van der Waals surface area contributed by atoms with E-state index in [9.17, 15) is 9.59 Å². The molecule has 0 atom stereocenters. The highest BCUT2D eigenvalue weighted by molar-refractivity contribution is 5.99. The Morgan fingerprint density at radius 1 is 1.36 bits per heavy atom. The second-order valence-corrected chi connectivity index (χ2v) is 3.25. The molecule has 0 saturated carbocycles. The smallest absolute Gasteiger partial charge is 0.240 e. The van der Waals surface area contributed by atoms with E-state index in [0.717, 1.165) is 5.56 Å². The van der Waals surface area contributed by atoms with Gasteiger partial charge >= 0.3 is 0 Å². The fourth-order valence-electron chi connectivity index (χ4n) is 1.45. The van der Waals surface area contributed by atoms with E-state index >= 15 is 0 Å². The predicted molar refractivity (Wildman–Crippen MR) is 47.1 cm³/mol. The van der Waals surface area contributed by atoms with Gasteiger partial charge in [0.25, 0.3) is 0 Å². The molecule has 1 aliphatic rings. The lowest BCUT2D eigenvalue weighted by Gasteiger charge is -2.24. The number of nitrogens with zero attached hydrogens (tertiary/aromatic N) is 1. The standard InChI is InChI=1S/C9H10N2O3/c12-8-4-11(5-9(13)10-8)3-7-1-2-14-6-7/h1-2,6H,3-5H2,(H,10,12,13). The zero-order chi connectivity index (χ0) is 9.97. The summed E-state index contributed by atoms with van der Waals surface area (Å²) in [5, 5.41) is 2.25. The Labute approximate surface area is 80.7 Å². The molecule has 0 aromatic carbocycles. The summed E-state index contributed by atoms with van der Waals surface area (Å²) in [7, 11) is 0. The van der Waals surface area contributed by atoms with Gasteiger partial charge in [0, 0.05) is 12.1 Å². The van der Waals surface area contributed by atoms with E-state index in [2.05, 4.69) is 5.32 Å². The Balaban J connectivity index is 1.98. The molecule has 1 N–H and O–H groups in total. The number of nitrogens with one attached hydrogen (secondary N) is 1. The van der Waals surface area contributed by atoms with Crippen molar-refractivity contribution in [2.24, 2.45) is 0 Å². The average molecular weight is 194 g/mol. The molecule has 74 valence electrons. The Morgan fingerprint density at radius 2 is 2.07 bits per heavy atom. The van der Waals surface area contributed by atoms with Crippen molar-refractivity contribution in [1.29, 1.82) is 0 Å². The zero-order valence-corrected chi connectivity index (χ0v) is 7.53. The number of furan rings is 1. The SMILES string of the molecule is O=C1CN(Cc2ccoc2)CC(=O)N1. The van der Waals surface area contributed by atoms with Crippen LogP contribution < -0.4 is 5.32 Å². The molecule has 5 nitrogen and oxygen atoms in total. The van der Waals surface area contributed by atoms with Gasteiger partial charge in [0.2, 0.25) is 11.8 Å². The summed E-state index contributed by atoms with van der Waals surface area (Å²) in [6.45, 7) is 1.09. The fraction of sp³-hybridized carbons (Fsp3) is 0.333. The molecular formula is C9H10N2O3. The number of rotatable bonds is 2. The van der Waals surface area contributed by atoms with Gasteiger partial charge in [-0.2, -0.15) is 0 Å². The highest BCUT2D eigenvalue weighted by Crippen LogP contribution is 2.06. The number of amides is 2. The van der Waals surface area contributed by atoms with Crippen LogP contribution in [0.15, 0.2) is 23.0 Å². The van der Waals surface area contributed by atoms with Crippen molar-refractivity contribution in [2.75, 3.05) is 13.1 Å². The van der Waals surface area contributed by atoms with E-state index in [1.807, 2.05) is 6.07 Å². The molecule has 5 heteroatoms. The van der Waals surface area contributed by atoms with Crippen LogP contribution in [0.3, 0.4) is 0 Å². The first kappa shape index (κ1) is 8.96. The Kier molecular flexibility index (Phi) is 2.32. The zero-order valence-electron chi connectivity index (χ0n) is 7.53. The van der Waals surface area contributed by atoms with Gasteiger partial charge in [-0.25, -0.2) is 0 Å². The molecule has 0 aliphatic carbocycles. The molecule has 1 aromatic heterocycles.